The van der Waals surface area contributed by atoms with E-state index >= 15 is 0 Å². The van der Waals surface area contributed by atoms with E-state index in [1.807, 2.05) is 24.3 Å². The van der Waals surface area contributed by atoms with Crippen LogP contribution in [0.1, 0.15) is 43.9 Å². The molecular formula is C17H23N3O3S. The molecule has 1 atom stereocenters. The summed E-state index contributed by atoms with van der Waals surface area (Å²) in [6.45, 7) is 2.35. The van der Waals surface area contributed by atoms with Crippen LogP contribution in [0.15, 0.2) is 28.7 Å². The second kappa shape index (κ2) is 6.46. The highest BCUT2D eigenvalue weighted by Crippen LogP contribution is 2.31. The molecule has 3 heterocycles. The van der Waals surface area contributed by atoms with Crippen molar-refractivity contribution < 1.29 is 12.8 Å². The summed E-state index contributed by atoms with van der Waals surface area (Å²) in [6.07, 6.45) is 4.80. The quantitative estimate of drug-likeness (QED) is 0.854. The first-order valence-electron chi connectivity index (χ1n) is 8.75. The summed E-state index contributed by atoms with van der Waals surface area (Å²) in [7, 11) is -3.36. The molecular weight excluding hydrogens is 326 g/mol. The van der Waals surface area contributed by atoms with E-state index in [1.165, 1.54) is 0 Å². The molecule has 0 aliphatic carbocycles. The molecule has 2 saturated heterocycles. The zero-order chi connectivity index (χ0) is 16.6. The van der Waals surface area contributed by atoms with Crippen molar-refractivity contribution in [3.63, 3.8) is 0 Å². The first-order valence-corrected chi connectivity index (χ1v) is 10.1. The monoisotopic (exact) mass is 349 g/mol. The van der Waals surface area contributed by atoms with Crippen LogP contribution in [0.25, 0.3) is 11.1 Å². The highest BCUT2D eigenvalue weighted by molar-refractivity contribution is 7.86. The fraction of sp³-hybridized carbons (Fsp3) is 0.588. The fourth-order valence-corrected chi connectivity index (χ4v) is 5.45. The van der Waals surface area contributed by atoms with Crippen LogP contribution in [0, 0.1) is 0 Å². The number of benzene rings is 1. The maximum absolute atomic E-state index is 12.9. The minimum atomic E-state index is -3.36. The Hall–Kier alpha value is -1.44. The van der Waals surface area contributed by atoms with Gasteiger partial charge in [0.1, 0.15) is 5.52 Å². The summed E-state index contributed by atoms with van der Waals surface area (Å²) in [5.41, 5.74) is 1.60. The van der Waals surface area contributed by atoms with E-state index < -0.39 is 10.2 Å². The lowest BCUT2D eigenvalue weighted by Crippen LogP contribution is -2.49. The third-order valence-electron chi connectivity index (χ3n) is 5.01. The van der Waals surface area contributed by atoms with E-state index in [-0.39, 0.29) is 5.92 Å². The van der Waals surface area contributed by atoms with Crippen LogP contribution in [0.3, 0.4) is 0 Å². The van der Waals surface area contributed by atoms with E-state index in [4.69, 9.17) is 4.42 Å². The van der Waals surface area contributed by atoms with Gasteiger partial charge in [0.15, 0.2) is 11.5 Å². The predicted octanol–water partition coefficient (Wildman–Crippen LogP) is 2.74. The van der Waals surface area contributed by atoms with Gasteiger partial charge in [0.25, 0.3) is 10.2 Å². The van der Waals surface area contributed by atoms with Crippen molar-refractivity contribution in [2.24, 2.45) is 0 Å². The van der Waals surface area contributed by atoms with Crippen LogP contribution in [-0.2, 0) is 10.2 Å². The number of oxazole rings is 1. The molecule has 1 aromatic carbocycles. The molecule has 24 heavy (non-hydrogen) atoms. The molecule has 6 nitrogen and oxygen atoms in total. The van der Waals surface area contributed by atoms with Gasteiger partial charge in [0, 0.05) is 32.1 Å². The van der Waals surface area contributed by atoms with Gasteiger partial charge in [-0.15, -0.1) is 0 Å². The largest absolute Gasteiger partial charge is 0.440 e. The molecule has 0 unspecified atom stereocenters. The number of hydrogen-bond acceptors (Lipinski definition) is 4. The van der Waals surface area contributed by atoms with Crippen LogP contribution < -0.4 is 0 Å². The molecule has 130 valence electrons. The molecule has 0 radical (unpaired) electrons. The average molecular weight is 349 g/mol. The molecule has 2 fully saturated rings. The predicted molar refractivity (Wildman–Crippen MR) is 91.9 cm³/mol. The number of fused-ring (bicyclic) bond motifs is 1. The third kappa shape index (κ3) is 2.96. The van der Waals surface area contributed by atoms with E-state index in [0.29, 0.717) is 32.1 Å². The Kier molecular flexibility index (Phi) is 4.32. The van der Waals surface area contributed by atoms with Crippen LogP contribution in [0.2, 0.25) is 0 Å². The molecule has 0 amide bonds. The Balaban J connectivity index is 1.54. The number of nitrogens with zero attached hydrogens (tertiary/aromatic N) is 3. The van der Waals surface area contributed by atoms with Crippen LogP contribution in [0.5, 0.6) is 0 Å². The maximum Gasteiger partial charge on any atom is 0.281 e. The van der Waals surface area contributed by atoms with Crippen LogP contribution in [-0.4, -0.2) is 48.2 Å². The fourth-order valence-electron chi connectivity index (χ4n) is 3.68. The molecule has 0 saturated carbocycles. The molecule has 0 N–H and O–H groups in total. The molecule has 7 heteroatoms. The van der Waals surface area contributed by atoms with Gasteiger partial charge in [-0.2, -0.15) is 17.0 Å². The van der Waals surface area contributed by atoms with Gasteiger partial charge in [-0.05, 0) is 37.8 Å². The van der Waals surface area contributed by atoms with E-state index in [0.717, 1.165) is 43.2 Å². The number of hydrogen-bond donors (Lipinski definition) is 0. The Morgan fingerprint density at radius 2 is 1.75 bits per heavy atom. The van der Waals surface area contributed by atoms with Crippen LogP contribution in [0.4, 0.5) is 0 Å². The third-order valence-corrected chi connectivity index (χ3v) is 7.01. The molecule has 2 aliphatic rings. The highest BCUT2D eigenvalue weighted by Gasteiger charge is 2.36. The van der Waals surface area contributed by atoms with Crippen molar-refractivity contribution in [1.82, 2.24) is 13.6 Å². The van der Waals surface area contributed by atoms with Crippen LogP contribution >= 0.6 is 0 Å². The Morgan fingerprint density at radius 3 is 2.54 bits per heavy atom. The van der Waals surface area contributed by atoms with Crippen molar-refractivity contribution in [1.29, 1.82) is 0 Å². The van der Waals surface area contributed by atoms with E-state index in [1.54, 1.807) is 8.61 Å². The van der Waals surface area contributed by atoms with Crippen molar-refractivity contribution in [2.45, 2.75) is 38.0 Å². The first-order chi connectivity index (χ1) is 11.6. The standard InChI is InChI=1S/C17H23N3O3S/c21-24(22,19-10-4-1-5-11-19)20-12-6-7-14(13-20)17-18-15-8-2-3-9-16(15)23-17/h2-3,8-9,14H,1,4-7,10-13H2/t14-/m1/s1. The zero-order valence-corrected chi connectivity index (χ0v) is 14.5. The number of aromatic nitrogens is 1. The van der Waals surface area contributed by atoms with Gasteiger partial charge in [0.05, 0.1) is 0 Å². The Bertz CT molecular complexity index is 778. The topological polar surface area (TPSA) is 66.7 Å². The van der Waals surface area contributed by atoms with Gasteiger partial charge in [-0.25, -0.2) is 4.98 Å². The minimum absolute atomic E-state index is 0.0331. The lowest BCUT2D eigenvalue weighted by molar-refractivity contribution is 0.254. The Morgan fingerprint density at radius 1 is 1.00 bits per heavy atom. The minimum Gasteiger partial charge on any atom is -0.440 e. The normalized spacial score (nSPS) is 24.4. The first kappa shape index (κ1) is 16.1. The molecule has 2 aromatic rings. The molecule has 2 aliphatic heterocycles. The summed E-state index contributed by atoms with van der Waals surface area (Å²) in [6, 6.07) is 7.68. The van der Waals surface area contributed by atoms with Gasteiger partial charge >= 0.3 is 0 Å². The van der Waals surface area contributed by atoms with E-state index in [9.17, 15) is 8.42 Å². The van der Waals surface area contributed by atoms with Crippen molar-refractivity contribution in [3.8, 4) is 0 Å². The van der Waals surface area contributed by atoms with Crippen molar-refractivity contribution >= 4 is 21.3 Å². The SMILES string of the molecule is O=S(=O)(N1CCCCC1)N1CCC[C@@H](c2nc3ccccc3o2)C1. The second-order valence-electron chi connectivity index (χ2n) is 6.68. The van der Waals surface area contributed by atoms with Gasteiger partial charge in [0.2, 0.25) is 0 Å². The number of piperidine rings is 2. The number of para-hydroxylation sites is 2. The Labute approximate surface area is 142 Å². The summed E-state index contributed by atoms with van der Waals surface area (Å²) < 4.78 is 34.9. The van der Waals surface area contributed by atoms with Gasteiger partial charge in [-0.3, -0.25) is 0 Å². The molecule has 4 rings (SSSR count). The molecule has 0 spiro atoms. The van der Waals surface area contributed by atoms with Crippen molar-refractivity contribution in [3.05, 3.63) is 30.2 Å². The van der Waals surface area contributed by atoms with E-state index in [2.05, 4.69) is 4.98 Å². The summed E-state index contributed by atoms with van der Waals surface area (Å²) in [4.78, 5) is 4.56. The average Bonchev–Trinajstić information content (AvgIpc) is 3.07. The summed E-state index contributed by atoms with van der Waals surface area (Å²) >= 11 is 0. The van der Waals surface area contributed by atoms with Gasteiger partial charge in [-0.1, -0.05) is 18.6 Å². The zero-order valence-electron chi connectivity index (χ0n) is 13.7. The molecule has 1 aromatic heterocycles. The van der Waals surface area contributed by atoms with Crippen molar-refractivity contribution in [2.75, 3.05) is 26.2 Å². The smallest absolute Gasteiger partial charge is 0.281 e. The summed E-state index contributed by atoms with van der Waals surface area (Å²) in [5.74, 6) is 0.695. The highest BCUT2D eigenvalue weighted by atomic mass is 32.2. The lowest BCUT2D eigenvalue weighted by atomic mass is 10.00. The summed E-state index contributed by atoms with van der Waals surface area (Å²) in [5, 5.41) is 0. The molecule has 0 bridgehead atoms. The maximum atomic E-state index is 12.9. The van der Waals surface area contributed by atoms with Gasteiger partial charge < -0.3 is 4.42 Å². The lowest BCUT2D eigenvalue weighted by Gasteiger charge is -2.35. The number of rotatable bonds is 3. The second-order valence-corrected chi connectivity index (χ2v) is 8.61.